The molecule has 0 bridgehead atoms. The molecule has 2 aliphatic heterocycles. The summed E-state index contributed by atoms with van der Waals surface area (Å²) >= 11 is 0. The predicted molar refractivity (Wildman–Crippen MR) is 128 cm³/mol. The van der Waals surface area contributed by atoms with Gasteiger partial charge in [-0.1, -0.05) is 6.07 Å². The average molecular weight is 480 g/mol. The summed E-state index contributed by atoms with van der Waals surface area (Å²) in [4.78, 5) is 26.3. The molecule has 182 valence electrons. The van der Waals surface area contributed by atoms with Crippen molar-refractivity contribution in [2.75, 3.05) is 50.2 Å². The molecule has 0 spiro atoms. The number of hydrogen-bond donors (Lipinski definition) is 1. The summed E-state index contributed by atoms with van der Waals surface area (Å²) < 4.78 is 30.2. The Kier molecular flexibility index (Phi) is 6.62. The van der Waals surface area contributed by atoms with Gasteiger partial charge in [-0.25, -0.2) is 14.2 Å². The molecule has 0 unspecified atom stereocenters. The molecule has 1 saturated heterocycles. The molecule has 2 aliphatic rings. The fourth-order valence-corrected chi connectivity index (χ4v) is 4.05. The van der Waals surface area contributed by atoms with E-state index in [0.29, 0.717) is 68.3 Å². The second kappa shape index (κ2) is 10.1. The third kappa shape index (κ3) is 5.27. The Morgan fingerprint density at radius 2 is 1.86 bits per heavy atom. The van der Waals surface area contributed by atoms with Crippen LogP contribution in [0.1, 0.15) is 11.3 Å². The molecule has 0 saturated carbocycles. The lowest BCUT2D eigenvalue weighted by Crippen LogP contribution is -2.41. The Hall–Kier alpha value is -3.92. The largest absolute Gasteiger partial charge is 0.497 e. The summed E-state index contributed by atoms with van der Waals surface area (Å²) in [6.45, 7) is 3.36. The van der Waals surface area contributed by atoms with E-state index < -0.39 is 0 Å². The Morgan fingerprint density at radius 3 is 2.63 bits per heavy atom. The van der Waals surface area contributed by atoms with Crippen LogP contribution in [0.3, 0.4) is 0 Å². The second-order valence-corrected chi connectivity index (χ2v) is 8.24. The smallest absolute Gasteiger partial charge is 0.322 e. The van der Waals surface area contributed by atoms with E-state index in [2.05, 4.69) is 10.2 Å². The lowest BCUT2D eigenvalue weighted by molar-refractivity contribution is 0.122. The number of fused-ring (bicyclic) bond motifs is 1. The van der Waals surface area contributed by atoms with Crippen molar-refractivity contribution in [2.45, 2.75) is 13.0 Å². The Balaban J connectivity index is 1.41. The van der Waals surface area contributed by atoms with Crippen LogP contribution in [0.5, 0.6) is 17.4 Å². The summed E-state index contributed by atoms with van der Waals surface area (Å²) in [5.41, 5.74) is 2.21. The number of hydrogen-bond acceptors (Lipinski definition) is 7. The van der Waals surface area contributed by atoms with Crippen LogP contribution in [0.25, 0.3) is 0 Å². The number of rotatable bonds is 5. The number of urea groups is 1. The molecule has 9 nitrogen and oxygen atoms in total. The highest BCUT2D eigenvalue weighted by Crippen LogP contribution is 2.32. The van der Waals surface area contributed by atoms with Gasteiger partial charge in [0.1, 0.15) is 17.3 Å². The zero-order valence-corrected chi connectivity index (χ0v) is 19.4. The van der Waals surface area contributed by atoms with E-state index in [1.165, 1.54) is 12.1 Å². The number of amides is 2. The van der Waals surface area contributed by atoms with Crippen LogP contribution in [-0.2, 0) is 17.7 Å². The Bertz CT molecular complexity index is 1200. The third-order valence-electron chi connectivity index (χ3n) is 5.94. The molecule has 10 heteroatoms. The number of nitrogens with one attached hydrogen (secondary N) is 1. The highest BCUT2D eigenvalue weighted by Gasteiger charge is 2.28. The topological polar surface area (TPSA) is 89.1 Å². The number of carbonyl (C=O) groups is 1. The number of morpholine rings is 1. The molecule has 2 amide bonds. The standard InChI is InChI=1S/C25H26FN5O4/c1-33-20-4-2-3-18(15-20)27-25(32)31-10-9-22-21(16-31)23(35-19-7-5-17(26)6-8-19)29-24(28-22)30-11-13-34-14-12-30/h2-8,15H,9-14,16H2,1H3,(H,27,32). The number of halogens is 1. The average Bonchev–Trinajstić information content (AvgIpc) is 2.90. The summed E-state index contributed by atoms with van der Waals surface area (Å²) in [5, 5.41) is 2.92. The zero-order valence-electron chi connectivity index (χ0n) is 19.4. The number of aromatic nitrogens is 2. The first-order chi connectivity index (χ1) is 17.1. The summed E-state index contributed by atoms with van der Waals surface area (Å²) in [6, 6.07) is 12.7. The van der Waals surface area contributed by atoms with Gasteiger partial charge in [0.25, 0.3) is 0 Å². The molecule has 35 heavy (non-hydrogen) atoms. The minimum absolute atomic E-state index is 0.242. The fourth-order valence-electron chi connectivity index (χ4n) is 4.05. The lowest BCUT2D eigenvalue weighted by Gasteiger charge is -2.32. The molecular weight excluding hydrogens is 453 g/mol. The fraction of sp³-hybridized carbons (Fsp3) is 0.320. The van der Waals surface area contributed by atoms with Gasteiger partial charge in [-0.3, -0.25) is 0 Å². The minimum atomic E-state index is -0.350. The lowest BCUT2D eigenvalue weighted by atomic mass is 10.1. The van der Waals surface area contributed by atoms with Crippen molar-refractivity contribution >= 4 is 17.7 Å². The third-order valence-corrected chi connectivity index (χ3v) is 5.94. The van der Waals surface area contributed by atoms with E-state index in [0.717, 1.165) is 11.3 Å². The van der Waals surface area contributed by atoms with E-state index in [9.17, 15) is 9.18 Å². The maximum atomic E-state index is 13.4. The van der Waals surface area contributed by atoms with E-state index >= 15 is 0 Å². The van der Waals surface area contributed by atoms with Crippen LogP contribution in [0.15, 0.2) is 48.5 Å². The first kappa shape index (κ1) is 22.9. The van der Waals surface area contributed by atoms with E-state index in [1.807, 2.05) is 12.1 Å². The van der Waals surface area contributed by atoms with Crippen LogP contribution in [0.4, 0.5) is 20.8 Å². The quantitative estimate of drug-likeness (QED) is 0.595. The van der Waals surface area contributed by atoms with E-state index in [-0.39, 0.29) is 18.4 Å². The molecule has 3 heterocycles. The van der Waals surface area contributed by atoms with Crippen LogP contribution in [0, 0.1) is 5.82 Å². The van der Waals surface area contributed by atoms with Crippen LogP contribution in [-0.4, -0.2) is 60.9 Å². The summed E-state index contributed by atoms with van der Waals surface area (Å²) in [6.07, 6.45) is 0.556. The van der Waals surface area contributed by atoms with Gasteiger partial charge in [0.15, 0.2) is 0 Å². The van der Waals surface area contributed by atoms with Gasteiger partial charge in [-0.05, 0) is 36.4 Å². The highest BCUT2D eigenvalue weighted by molar-refractivity contribution is 5.89. The van der Waals surface area contributed by atoms with Gasteiger partial charge < -0.3 is 29.3 Å². The maximum Gasteiger partial charge on any atom is 0.322 e. The zero-order chi connectivity index (χ0) is 24.2. The Morgan fingerprint density at radius 1 is 1.06 bits per heavy atom. The number of carbonyl (C=O) groups excluding carboxylic acids is 1. The van der Waals surface area contributed by atoms with Crippen molar-refractivity contribution in [3.63, 3.8) is 0 Å². The van der Waals surface area contributed by atoms with Gasteiger partial charge in [0.05, 0.1) is 38.1 Å². The van der Waals surface area contributed by atoms with Crippen LogP contribution >= 0.6 is 0 Å². The van der Waals surface area contributed by atoms with Gasteiger partial charge in [0.2, 0.25) is 11.8 Å². The van der Waals surface area contributed by atoms with Crippen molar-refractivity contribution in [3.8, 4) is 17.4 Å². The monoisotopic (exact) mass is 479 g/mol. The number of methoxy groups -OCH3 is 1. The molecule has 0 atom stereocenters. The van der Waals surface area contributed by atoms with Crippen LogP contribution < -0.4 is 19.7 Å². The van der Waals surface area contributed by atoms with Gasteiger partial charge in [-0.15, -0.1) is 0 Å². The van der Waals surface area contributed by atoms with Gasteiger partial charge in [-0.2, -0.15) is 4.98 Å². The van der Waals surface area contributed by atoms with Crippen molar-refractivity contribution in [1.82, 2.24) is 14.9 Å². The van der Waals surface area contributed by atoms with E-state index in [4.69, 9.17) is 24.2 Å². The summed E-state index contributed by atoms with van der Waals surface area (Å²) in [7, 11) is 1.58. The molecule has 1 N–H and O–H groups in total. The van der Waals surface area contributed by atoms with Gasteiger partial charge >= 0.3 is 6.03 Å². The van der Waals surface area contributed by atoms with Crippen molar-refractivity contribution in [1.29, 1.82) is 0 Å². The Labute approximate surface area is 202 Å². The van der Waals surface area contributed by atoms with E-state index in [1.54, 1.807) is 36.3 Å². The molecule has 1 fully saturated rings. The molecule has 2 aromatic carbocycles. The van der Waals surface area contributed by atoms with Gasteiger partial charge in [0, 0.05) is 37.8 Å². The molecule has 3 aromatic rings. The number of ether oxygens (including phenoxy) is 3. The minimum Gasteiger partial charge on any atom is -0.497 e. The normalized spacial score (nSPS) is 15.4. The maximum absolute atomic E-state index is 13.4. The number of benzene rings is 2. The predicted octanol–water partition coefficient (Wildman–Crippen LogP) is 3.84. The van der Waals surface area contributed by atoms with Crippen molar-refractivity contribution < 1.29 is 23.4 Å². The van der Waals surface area contributed by atoms with Crippen molar-refractivity contribution in [3.05, 3.63) is 65.6 Å². The van der Waals surface area contributed by atoms with Crippen molar-refractivity contribution in [2.24, 2.45) is 0 Å². The molecule has 0 radical (unpaired) electrons. The highest BCUT2D eigenvalue weighted by atomic mass is 19.1. The summed E-state index contributed by atoms with van der Waals surface area (Å²) in [5.74, 6) is 1.70. The number of anilines is 2. The SMILES string of the molecule is COc1cccc(NC(=O)N2CCc3nc(N4CCOCC4)nc(Oc4ccc(F)cc4)c3C2)c1. The van der Waals surface area contributed by atoms with Crippen LogP contribution in [0.2, 0.25) is 0 Å². The first-order valence-electron chi connectivity index (χ1n) is 11.4. The molecule has 0 aliphatic carbocycles. The molecular formula is C25H26FN5O4. The molecule has 1 aromatic heterocycles. The second-order valence-electron chi connectivity index (χ2n) is 8.24. The first-order valence-corrected chi connectivity index (χ1v) is 11.4. The molecule has 5 rings (SSSR count). The number of nitrogens with zero attached hydrogens (tertiary/aromatic N) is 4.